The first kappa shape index (κ1) is 20.8. The summed E-state index contributed by atoms with van der Waals surface area (Å²) in [5.41, 5.74) is 2.13. The molecule has 2 amide bonds. The van der Waals surface area contributed by atoms with Crippen LogP contribution in [0.1, 0.15) is 53.4 Å². The smallest absolute Gasteiger partial charge is 0.294 e. The highest BCUT2D eigenvalue weighted by Crippen LogP contribution is 2.31. The van der Waals surface area contributed by atoms with Gasteiger partial charge in [0.15, 0.2) is 5.76 Å². The van der Waals surface area contributed by atoms with Gasteiger partial charge in [-0.15, -0.1) is 0 Å². The molecule has 1 unspecified atom stereocenters. The maximum absolute atomic E-state index is 13.6. The summed E-state index contributed by atoms with van der Waals surface area (Å²) in [4.78, 5) is 28.4. The second-order valence-electron chi connectivity index (χ2n) is 7.93. The van der Waals surface area contributed by atoms with E-state index in [1.807, 2.05) is 31.2 Å². The molecule has 1 heterocycles. The van der Waals surface area contributed by atoms with E-state index in [1.54, 1.807) is 12.1 Å². The summed E-state index contributed by atoms with van der Waals surface area (Å²) in [6, 6.07) is 15.4. The van der Waals surface area contributed by atoms with Gasteiger partial charge in [-0.25, -0.2) is 4.39 Å². The van der Waals surface area contributed by atoms with Gasteiger partial charge in [0.05, 0.1) is 6.26 Å². The normalized spacial score (nSPS) is 14.9. The summed E-state index contributed by atoms with van der Waals surface area (Å²) >= 11 is 0. The zero-order chi connectivity index (χ0) is 21.8. The highest BCUT2D eigenvalue weighted by Gasteiger charge is 2.35. The lowest BCUT2D eigenvalue weighted by atomic mass is 10.0. The van der Waals surface area contributed by atoms with Crippen LogP contribution in [0.15, 0.2) is 71.3 Å². The number of aryl methyl sites for hydroxylation is 1. The predicted molar refractivity (Wildman–Crippen MR) is 116 cm³/mol. The minimum Gasteiger partial charge on any atom is -0.459 e. The number of nitrogens with one attached hydrogen (secondary N) is 1. The van der Waals surface area contributed by atoms with Crippen molar-refractivity contribution in [1.29, 1.82) is 0 Å². The molecule has 3 aromatic rings. The van der Waals surface area contributed by atoms with E-state index in [9.17, 15) is 14.0 Å². The van der Waals surface area contributed by atoms with Crippen molar-refractivity contribution >= 4 is 17.5 Å². The number of rotatable bonds is 6. The Morgan fingerprint density at radius 3 is 2.32 bits per heavy atom. The molecule has 1 aromatic heterocycles. The third kappa shape index (κ3) is 4.68. The maximum atomic E-state index is 13.6. The van der Waals surface area contributed by atoms with Gasteiger partial charge in [0.1, 0.15) is 11.9 Å². The minimum absolute atomic E-state index is 0.0919. The average Bonchev–Trinajstić information content (AvgIpc) is 3.47. The molecule has 1 N–H and O–H groups in total. The number of hydrogen-bond donors (Lipinski definition) is 1. The van der Waals surface area contributed by atoms with E-state index in [4.69, 9.17) is 4.42 Å². The molecule has 1 fully saturated rings. The van der Waals surface area contributed by atoms with Crippen LogP contribution in [0.25, 0.3) is 0 Å². The number of carbonyl (C=O) groups is 2. The Morgan fingerprint density at radius 1 is 1.03 bits per heavy atom. The number of furan rings is 1. The van der Waals surface area contributed by atoms with Gasteiger partial charge in [0.25, 0.3) is 5.91 Å². The zero-order valence-electron chi connectivity index (χ0n) is 17.4. The Labute approximate surface area is 180 Å². The molecule has 31 heavy (non-hydrogen) atoms. The van der Waals surface area contributed by atoms with Crippen molar-refractivity contribution in [3.05, 3.63) is 89.6 Å². The van der Waals surface area contributed by atoms with Crippen LogP contribution in [0, 0.1) is 12.7 Å². The summed E-state index contributed by atoms with van der Waals surface area (Å²) in [6.07, 6.45) is 5.42. The van der Waals surface area contributed by atoms with Crippen molar-refractivity contribution in [3.8, 4) is 0 Å². The number of carbonyl (C=O) groups excluding carboxylic acids is 2. The largest absolute Gasteiger partial charge is 0.459 e. The van der Waals surface area contributed by atoms with Crippen LogP contribution in [-0.2, 0) is 4.79 Å². The molecule has 0 saturated heterocycles. The molecule has 1 aliphatic carbocycles. The van der Waals surface area contributed by atoms with Gasteiger partial charge < -0.3 is 9.73 Å². The van der Waals surface area contributed by atoms with E-state index in [0.29, 0.717) is 11.3 Å². The molecule has 0 radical (unpaired) electrons. The van der Waals surface area contributed by atoms with Crippen LogP contribution in [0.3, 0.4) is 0 Å². The van der Waals surface area contributed by atoms with Gasteiger partial charge in [0.2, 0.25) is 5.91 Å². The second-order valence-corrected chi connectivity index (χ2v) is 7.93. The number of hydrogen-bond acceptors (Lipinski definition) is 3. The molecule has 2 aromatic carbocycles. The molecule has 4 rings (SSSR count). The van der Waals surface area contributed by atoms with Crippen LogP contribution in [0.2, 0.25) is 0 Å². The summed E-state index contributed by atoms with van der Waals surface area (Å²) in [6.45, 7) is 1.96. The Balaban J connectivity index is 1.79. The lowest BCUT2D eigenvalue weighted by Crippen LogP contribution is -2.46. The fraction of sp³-hybridized carbons (Fsp3) is 0.280. The molecule has 6 heteroatoms. The molecular weight excluding hydrogens is 395 g/mol. The molecule has 160 valence electrons. The van der Waals surface area contributed by atoms with Crippen molar-refractivity contribution in [3.63, 3.8) is 0 Å². The number of benzene rings is 2. The first-order valence-electron chi connectivity index (χ1n) is 10.5. The third-order valence-corrected chi connectivity index (χ3v) is 5.66. The zero-order valence-corrected chi connectivity index (χ0v) is 17.4. The minimum atomic E-state index is -0.927. The van der Waals surface area contributed by atoms with Gasteiger partial charge >= 0.3 is 0 Å². The fourth-order valence-electron chi connectivity index (χ4n) is 4.02. The first-order valence-corrected chi connectivity index (χ1v) is 10.5. The van der Waals surface area contributed by atoms with Gasteiger partial charge in [-0.05, 0) is 61.7 Å². The lowest BCUT2D eigenvalue weighted by molar-refractivity contribution is -0.123. The molecule has 5 nitrogen and oxygen atoms in total. The Hall–Kier alpha value is -3.41. The van der Waals surface area contributed by atoms with Crippen LogP contribution in [0.5, 0.6) is 0 Å². The van der Waals surface area contributed by atoms with Gasteiger partial charge in [-0.1, -0.05) is 42.7 Å². The standard InChI is InChI=1S/C25H25FN2O3/c1-17-8-10-18(11-9-17)23(24(29)27-20-5-2-3-6-20)28(21-14-12-19(26)13-15-21)25(30)22-7-4-16-31-22/h4,7-16,20,23H,2-3,5-6H2,1H3,(H,27,29). The molecule has 1 atom stereocenters. The monoisotopic (exact) mass is 420 g/mol. The number of nitrogens with zero attached hydrogens (tertiary/aromatic N) is 1. The fourth-order valence-corrected chi connectivity index (χ4v) is 4.02. The number of anilines is 1. The highest BCUT2D eigenvalue weighted by atomic mass is 19.1. The first-order chi connectivity index (χ1) is 15.0. The van der Waals surface area contributed by atoms with Gasteiger partial charge in [0, 0.05) is 11.7 Å². The summed E-state index contributed by atoms with van der Waals surface area (Å²) in [7, 11) is 0. The SMILES string of the molecule is Cc1ccc(C(C(=O)NC2CCCC2)N(C(=O)c2ccco2)c2ccc(F)cc2)cc1. The van der Waals surface area contributed by atoms with E-state index < -0.39 is 17.8 Å². The Morgan fingerprint density at radius 2 is 1.71 bits per heavy atom. The Bertz CT molecular complexity index is 1020. The molecule has 1 saturated carbocycles. The van der Waals surface area contributed by atoms with Crippen molar-refractivity contribution < 1.29 is 18.4 Å². The molecule has 0 aliphatic heterocycles. The third-order valence-electron chi connectivity index (χ3n) is 5.66. The Kier molecular flexibility index (Phi) is 6.16. The second kappa shape index (κ2) is 9.16. The van der Waals surface area contributed by atoms with E-state index >= 15 is 0 Å². The molecule has 0 bridgehead atoms. The van der Waals surface area contributed by atoms with Gasteiger partial charge in [-0.2, -0.15) is 0 Å². The molecular formula is C25H25FN2O3. The quantitative estimate of drug-likeness (QED) is 0.598. The van der Waals surface area contributed by atoms with E-state index in [0.717, 1.165) is 31.2 Å². The van der Waals surface area contributed by atoms with E-state index in [1.165, 1.54) is 35.4 Å². The van der Waals surface area contributed by atoms with Crippen LogP contribution in [0.4, 0.5) is 10.1 Å². The van der Waals surface area contributed by atoms with Crippen LogP contribution < -0.4 is 10.2 Å². The van der Waals surface area contributed by atoms with Gasteiger partial charge in [-0.3, -0.25) is 14.5 Å². The summed E-state index contributed by atoms with van der Waals surface area (Å²) < 4.78 is 19.0. The number of amides is 2. The van der Waals surface area contributed by atoms with Crippen LogP contribution in [-0.4, -0.2) is 17.9 Å². The maximum Gasteiger partial charge on any atom is 0.294 e. The summed E-state index contributed by atoms with van der Waals surface area (Å²) in [5.74, 6) is -1.05. The van der Waals surface area contributed by atoms with E-state index in [-0.39, 0.29) is 17.7 Å². The van der Waals surface area contributed by atoms with Crippen LogP contribution >= 0.6 is 0 Å². The highest BCUT2D eigenvalue weighted by molar-refractivity contribution is 6.08. The van der Waals surface area contributed by atoms with Crippen molar-refractivity contribution in [2.45, 2.75) is 44.7 Å². The number of halogens is 1. The van der Waals surface area contributed by atoms with Crippen molar-refractivity contribution in [1.82, 2.24) is 5.32 Å². The predicted octanol–water partition coefficient (Wildman–Crippen LogP) is 5.17. The van der Waals surface area contributed by atoms with E-state index in [2.05, 4.69) is 5.32 Å². The summed E-state index contributed by atoms with van der Waals surface area (Å²) in [5, 5.41) is 3.12. The topological polar surface area (TPSA) is 62.6 Å². The molecule has 1 aliphatic rings. The lowest BCUT2D eigenvalue weighted by Gasteiger charge is -2.32. The van der Waals surface area contributed by atoms with Crippen molar-refractivity contribution in [2.75, 3.05) is 4.90 Å². The van der Waals surface area contributed by atoms with Crippen molar-refractivity contribution in [2.24, 2.45) is 0 Å². The average molecular weight is 420 g/mol. The molecule has 0 spiro atoms.